The number of carbonyl (C=O) groups excluding carboxylic acids is 2. The third-order valence-corrected chi connectivity index (χ3v) is 12.7. The molecular formula is C44H42O2S2. The molecule has 2 nitrogen and oxygen atoms in total. The third kappa shape index (κ3) is 6.45. The molecule has 4 heteroatoms. The van der Waals surface area contributed by atoms with Crippen LogP contribution in [0.2, 0.25) is 0 Å². The Morgan fingerprint density at radius 2 is 1.06 bits per heavy atom. The van der Waals surface area contributed by atoms with Crippen LogP contribution in [0.15, 0.2) is 129 Å². The van der Waals surface area contributed by atoms with Gasteiger partial charge in [-0.15, -0.1) is 0 Å². The Balaban J connectivity index is 1.10. The van der Waals surface area contributed by atoms with Gasteiger partial charge in [-0.1, -0.05) is 137 Å². The molecular weight excluding hydrogens is 625 g/mol. The monoisotopic (exact) mass is 666 g/mol. The van der Waals surface area contributed by atoms with Crippen LogP contribution in [0.25, 0.3) is 11.1 Å². The Kier molecular flexibility index (Phi) is 9.24. The van der Waals surface area contributed by atoms with E-state index in [1.54, 1.807) is 35.7 Å². The minimum atomic E-state index is -0.0886. The summed E-state index contributed by atoms with van der Waals surface area (Å²) in [6, 6.07) is 37.5. The topological polar surface area (TPSA) is 34.1 Å². The van der Waals surface area contributed by atoms with Gasteiger partial charge in [0.2, 0.25) is 0 Å². The Morgan fingerprint density at radius 1 is 0.604 bits per heavy atom. The predicted octanol–water partition coefficient (Wildman–Crippen LogP) is 12.4. The SMILES string of the molecule is CCC(C)(C)c1ccc(Sc2cccc3c2C(=O)c2cccc(Sc4ccc(-c5ccc(C6CCC(C)CC6)cc5)cc4)c2C3=O)cc1. The van der Waals surface area contributed by atoms with E-state index in [0.29, 0.717) is 28.2 Å². The van der Waals surface area contributed by atoms with Crippen molar-refractivity contribution < 1.29 is 9.59 Å². The van der Waals surface area contributed by atoms with Crippen molar-refractivity contribution in [1.82, 2.24) is 0 Å². The highest BCUT2D eigenvalue weighted by atomic mass is 32.2. The smallest absolute Gasteiger partial charge is 0.195 e. The van der Waals surface area contributed by atoms with Crippen LogP contribution < -0.4 is 0 Å². The summed E-state index contributed by atoms with van der Waals surface area (Å²) in [5.74, 6) is 1.37. The van der Waals surface area contributed by atoms with Crippen molar-refractivity contribution in [3.05, 3.63) is 143 Å². The number of carbonyl (C=O) groups is 2. The van der Waals surface area contributed by atoms with Crippen molar-refractivity contribution in [1.29, 1.82) is 0 Å². The fraction of sp³-hybridized carbons (Fsp3) is 0.273. The van der Waals surface area contributed by atoms with Crippen LogP contribution in [0.4, 0.5) is 0 Å². The van der Waals surface area contributed by atoms with Gasteiger partial charge in [-0.3, -0.25) is 9.59 Å². The number of hydrogen-bond donors (Lipinski definition) is 0. The molecule has 1 saturated carbocycles. The maximum Gasteiger partial charge on any atom is 0.195 e. The van der Waals surface area contributed by atoms with Gasteiger partial charge in [0.15, 0.2) is 11.6 Å². The van der Waals surface area contributed by atoms with Crippen molar-refractivity contribution in [3.8, 4) is 11.1 Å². The Labute approximate surface area is 293 Å². The van der Waals surface area contributed by atoms with E-state index >= 15 is 0 Å². The lowest BCUT2D eigenvalue weighted by Crippen LogP contribution is -2.22. The quantitative estimate of drug-likeness (QED) is 0.162. The Bertz CT molecular complexity index is 1960. The molecule has 0 unspecified atom stereocenters. The summed E-state index contributed by atoms with van der Waals surface area (Å²) < 4.78 is 0. The van der Waals surface area contributed by atoms with E-state index in [1.807, 2.05) is 24.3 Å². The van der Waals surface area contributed by atoms with Gasteiger partial charge in [-0.2, -0.15) is 0 Å². The molecule has 0 aliphatic heterocycles. The van der Waals surface area contributed by atoms with Crippen LogP contribution >= 0.6 is 23.5 Å². The highest BCUT2D eigenvalue weighted by molar-refractivity contribution is 7.99. The van der Waals surface area contributed by atoms with E-state index in [9.17, 15) is 9.59 Å². The second-order valence-corrected chi connectivity index (χ2v) is 16.3. The molecule has 0 heterocycles. The molecule has 5 aromatic carbocycles. The van der Waals surface area contributed by atoms with Gasteiger partial charge in [0, 0.05) is 41.8 Å². The first kappa shape index (κ1) is 32.7. The lowest BCUT2D eigenvalue weighted by atomic mass is 9.79. The molecule has 0 spiro atoms. The normalized spacial score (nSPS) is 17.6. The molecule has 5 aromatic rings. The van der Waals surface area contributed by atoms with E-state index < -0.39 is 0 Å². The minimum Gasteiger partial charge on any atom is -0.289 e. The van der Waals surface area contributed by atoms with Gasteiger partial charge in [-0.25, -0.2) is 0 Å². The van der Waals surface area contributed by atoms with Gasteiger partial charge in [-0.05, 0) is 95.2 Å². The van der Waals surface area contributed by atoms with Crippen LogP contribution in [-0.2, 0) is 5.41 Å². The molecule has 48 heavy (non-hydrogen) atoms. The number of fused-ring (bicyclic) bond motifs is 2. The van der Waals surface area contributed by atoms with Gasteiger partial charge in [0.05, 0.1) is 0 Å². The molecule has 0 amide bonds. The number of ketones is 2. The summed E-state index contributed by atoms with van der Waals surface area (Å²) in [5, 5.41) is 0. The van der Waals surface area contributed by atoms with Crippen LogP contribution in [0.5, 0.6) is 0 Å². The second kappa shape index (κ2) is 13.6. The van der Waals surface area contributed by atoms with E-state index in [4.69, 9.17) is 0 Å². The highest BCUT2D eigenvalue weighted by Crippen LogP contribution is 2.42. The molecule has 7 rings (SSSR count). The van der Waals surface area contributed by atoms with Crippen LogP contribution in [0, 0.1) is 5.92 Å². The largest absolute Gasteiger partial charge is 0.289 e. The summed E-state index contributed by atoms with van der Waals surface area (Å²) in [6.07, 6.45) is 6.30. The average molecular weight is 667 g/mol. The van der Waals surface area contributed by atoms with E-state index in [-0.39, 0.29) is 17.0 Å². The molecule has 0 saturated heterocycles. The van der Waals surface area contributed by atoms with Crippen LogP contribution in [-0.4, -0.2) is 11.6 Å². The zero-order valence-corrected chi connectivity index (χ0v) is 29.8. The molecule has 0 aromatic heterocycles. The number of rotatable bonds is 8. The van der Waals surface area contributed by atoms with Gasteiger partial charge >= 0.3 is 0 Å². The lowest BCUT2D eigenvalue weighted by Gasteiger charge is -2.26. The van der Waals surface area contributed by atoms with Gasteiger partial charge < -0.3 is 0 Å². The van der Waals surface area contributed by atoms with Crippen molar-refractivity contribution in [3.63, 3.8) is 0 Å². The van der Waals surface area contributed by atoms with Gasteiger partial charge in [0.1, 0.15) is 0 Å². The van der Waals surface area contributed by atoms with Gasteiger partial charge in [0.25, 0.3) is 0 Å². The summed E-state index contributed by atoms with van der Waals surface area (Å²) in [4.78, 5) is 31.8. The lowest BCUT2D eigenvalue weighted by molar-refractivity contribution is 0.0974. The maximum absolute atomic E-state index is 14.1. The fourth-order valence-electron chi connectivity index (χ4n) is 7.04. The molecule has 2 aliphatic rings. The van der Waals surface area contributed by atoms with E-state index in [0.717, 1.165) is 31.9 Å². The minimum absolute atomic E-state index is 0.0876. The van der Waals surface area contributed by atoms with Crippen molar-refractivity contribution >= 4 is 35.1 Å². The Morgan fingerprint density at radius 3 is 1.54 bits per heavy atom. The van der Waals surface area contributed by atoms with Crippen LogP contribution in [0.1, 0.15) is 109 Å². The van der Waals surface area contributed by atoms with Crippen molar-refractivity contribution in [2.45, 2.75) is 90.7 Å². The highest BCUT2D eigenvalue weighted by Gasteiger charge is 2.34. The molecule has 0 bridgehead atoms. The zero-order chi connectivity index (χ0) is 33.4. The summed E-state index contributed by atoms with van der Waals surface area (Å²) in [5.41, 5.74) is 7.23. The summed E-state index contributed by atoms with van der Waals surface area (Å²) in [7, 11) is 0. The number of hydrogen-bond acceptors (Lipinski definition) is 4. The molecule has 242 valence electrons. The maximum atomic E-state index is 14.1. The van der Waals surface area contributed by atoms with Crippen molar-refractivity contribution in [2.75, 3.05) is 0 Å². The first-order valence-corrected chi connectivity index (χ1v) is 18.9. The molecule has 0 N–H and O–H groups in total. The first-order valence-electron chi connectivity index (χ1n) is 17.2. The predicted molar refractivity (Wildman–Crippen MR) is 200 cm³/mol. The Hall–Kier alpha value is -3.86. The zero-order valence-electron chi connectivity index (χ0n) is 28.2. The standard InChI is InChI=1S/C44H42O2S2/c1-5-44(3,4)33-22-26-35(27-23-33)48-39-11-7-9-37-41(39)43(46)36-8-6-10-38(40(36)42(37)45)47-34-24-20-32(21-25-34)31-18-16-30(17-19-31)29-14-12-28(2)13-15-29/h6-11,16-29H,5,12-15H2,1-4H3. The number of benzene rings is 5. The second-order valence-electron chi connectivity index (χ2n) is 14.1. The fourth-order valence-corrected chi connectivity index (χ4v) is 8.99. The van der Waals surface area contributed by atoms with E-state index in [2.05, 4.69) is 100 Å². The molecule has 2 aliphatic carbocycles. The molecule has 0 atom stereocenters. The molecule has 0 radical (unpaired) electrons. The van der Waals surface area contributed by atoms with Crippen molar-refractivity contribution in [2.24, 2.45) is 5.92 Å². The third-order valence-electron chi connectivity index (χ3n) is 10.6. The average Bonchev–Trinajstić information content (AvgIpc) is 3.11. The first-order chi connectivity index (χ1) is 23.2. The summed E-state index contributed by atoms with van der Waals surface area (Å²) in [6.45, 7) is 9.08. The van der Waals surface area contributed by atoms with Crippen LogP contribution in [0.3, 0.4) is 0 Å². The summed E-state index contributed by atoms with van der Waals surface area (Å²) >= 11 is 3.09. The molecule has 1 fully saturated rings. The van der Waals surface area contributed by atoms with E-state index in [1.165, 1.54) is 47.9 Å².